The summed E-state index contributed by atoms with van der Waals surface area (Å²) in [4.78, 5) is 12.6. The molecule has 1 aromatic rings. The smallest absolute Gasteiger partial charge is 0.368 e. The van der Waals surface area contributed by atoms with E-state index < -0.39 is 28.6 Å². The molecule has 0 aliphatic carbocycles. The Hall–Kier alpha value is -1.83. The third kappa shape index (κ3) is 2.15. The first-order valence-electron chi connectivity index (χ1n) is 3.82. The van der Waals surface area contributed by atoms with E-state index in [9.17, 15) is 18.9 Å². The Morgan fingerprint density at radius 2 is 2.27 bits per heavy atom. The molecule has 15 heavy (non-hydrogen) atoms. The van der Waals surface area contributed by atoms with Gasteiger partial charge in [-0.1, -0.05) is 0 Å². The number of halogens is 2. The van der Waals surface area contributed by atoms with Crippen LogP contribution in [0.25, 0.3) is 0 Å². The van der Waals surface area contributed by atoms with Gasteiger partial charge >= 0.3 is 12.2 Å². The zero-order valence-electron chi connectivity index (χ0n) is 7.35. The predicted molar refractivity (Wildman–Crippen MR) is 45.4 cm³/mol. The van der Waals surface area contributed by atoms with Crippen LogP contribution in [0.15, 0.2) is 6.07 Å². The molecular weight excluding hydrogens is 212 g/mol. The lowest BCUT2D eigenvalue weighted by Gasteiger charge is -2.03. The minimum Gasteiger partial charge on any atom is -0.504 e. The molecule has 0 amide bonds. The second kappa shape index (κ2) is 4.13. The van der Waals surface area contributed by atoms with Crippen LogP contribution in [0, 0.1) is 10.1 Å². The fourth-order valence-electron chi connectivity index (χ4n) is 1.02. The first-order chi connectivity index (χ1) is 6.97. The number of nitrogens with two attached hydrogens (primary N) is 1. The molecule has 6 nitrogen and oxygen atoms in total. The van der Waals surface area contributed by atoms with Crippen LogP contribution in [0.4, 0.5) is 14.6 Å². The van der Waals surface area contributed by atoms with E-state index in [1.54, 1.807) is 0 Å². The molecule has 0 saturated heterocycles. The quantitative estimate of drug-likeness (QED) is 0.585. The van der Waals surface area contributed by atoms with Gasteiger partial charge in [0, 0.05) is 6.54 Å². The van der Waals surface area contributed by atoms with E-state index in [2.05, 4.69) is 4.98 Å². The van der Waals surface area contributed by atoms with E-state index in [0.29, 0.717) is 0 Å². The standard InChI is InChI=1S/C7H7F2N3O3/c8-6(9)5-4(13)1-3(2-10)7(11-5)12(14)15/h1,6,13H,2,10H2. The average molecular weight is 219 g/mol. The van der Waals surface area contributed by atoms with Crippen LogP contribution in [-0.2, 0) is 6.54 Å². The molecule has 0 aliphatic rings. The number of aromatic nitrogens is 1. The molecular formula is C7H7F2N3O3. The summed E-state index contributed by atoms with van der Waals surface area (Å²) < 4.78 is 24.5. The van der Waals surface area contributed by atoms with Gasteiger partial charge in [-0.2, -0.15) is 0 Å². The molecule has 1 rings (SSSR count). The SMILES string of the molecule is NCc1cc(O)c(C(F)F)nc1[N+](=O)[O-]. The van der Waals surface area contributed by atoms with Crippen molar-refractivity contribution in [3.63, 3.8) is 0 Å². The minimum atomic E-state index is -3.07. The van der Waals surface area contributed by atoms with E-state index in [0.717, 1.165) is 6.07 Å². The number of rotatable bonds is 3. The van der Waals surface area contributed by atoms with Crippen LogP contribution in [0.5, 0.6) is 5.75 Å². The largest absolute Gasteiger partial charge is 0.504 e. The van der Waals surface area contributed by atoms with Crippen molar-refractivity contribution < 1.29 is 18.8 Å². The van der Waals surface area contributed by atoms with Crippen LogP contribution in [0.1, 0.15) is 17.7 Å². The minimum absolute atomic E-state index is 0.0955. The lowest BCUT2D eigenvalue weighted by molar-refractivity contribution is -0.390. The highest BCUT2D eigenvalue weighted by molar-refractivity contribution is 5.42. The topological polar surface area (TPSA) is 102 Å². The van der Waals surface area contributed by atoms with E-state index in [-0.39, 0.29) is 12.1 Å². The maximum Gasteiger partial charge on any atom is 0.368 e. The van der Waals surface area contributed by atoms with E-state index in [1.807, 2.05) is 0 Å². The van der Waals surface area contributed by atoms with E-state index in [4.69, 9.17) is 10.8 Å². The Morgan fingerprint density at radius 3 is 2.67 bits per heavy atom. The van der Waals surface area contributed by atoms with Gasteiger partial charge in [-0.15, -0.1) is 0 Å². The van der Waals surface area contributed by atoms with Gasteiger partial charge < -0.3 is 21.0 Å². The van der Waals surface area contributed by atoms with E-state index >= 15 is 0 Å². The number of aromatic hydroxyl groups is 1. The molecule has 0 bridgehead atoms. The highest BCUT2D eigenvalue weighted by Gasteiger charge is 2.26. The Morgan fingerprint density at radius 1 is 1.67 bits per heavy atom. The Bertz CT molecular complexity index is 397. The lowest BCUT2D eigenvalue weighted by atomic mass is 10.2. The average Bonchev–Trinajstić information content (AvgIpc) is 2.16. The van der Waals surface area contributed by atoms with Crippen molar-refractivity contribution in [1.82, 2.24) is 4.98 Å². The van der Waals surface area contributed by atoms with E-state index in [1.165, 1.54) is 0 Å². The van der Waals surface area contributed by atoms with Gasteiger partial charge in [-0.3, -0.25) is 0 Å². The molecule has 0 saturated carbocycles. The lowest BCUT2D eigenvalue weighted by Crippen LogP contribution is -2.06. The maximum atomic E-state index is 12.2. The Balaban J connectivity index is 3.37. The summed E-state index contributed by atoms with van der Waals surface area (Å²) >= 11 is 0. The van der Waals surface area contributed by atoms with Gasteiger partial charge in [-0.25, -0.2) is 8.78 Å². The molecule has 0 fully saturated rings. The molecule has 0 spiro atoms. The number of nitro groups is 1. The first kappa shape index (κ1) is 11.2. The highest BCUT2D eigenvalue weighted by Crippen LogP contribution is 2.30. The van der Waals surface area contributed by atoms with Crippen LogP contribution >= 0.6 is 0 Å². The van der Waals surface area contributed by atoms with Gasteiger partial charge in [0.2, 0.25) is 0 Å². The van der Waals surface area contributed by atoms with Crippen molar-refractivity contribution >= 4 is 5.82 Å². The number of nitrogens with zero attached hydrogens (tertiary/aromatic N) is 2. The van der Waals surface area contributed by atoms with Crippen LogP contribution in [0.2, 0.25) is 0 Å². The summed E-state index contributed by atoms with van der Waals surface area (Å²) in [6, 6.07) is 0.826. The zero-order chi connectivity index (χ0) is 11.6. The number of alkyl halides is 2. The van der Waals surface area contributed by atoms with Crippen LogP contribution in [0.3, 0.4) is 0 Å². The molecule has 0 unspecified atom stereocenters. The molecule has 82 valence electrons. The van der Waals surface area contributed by atoms with Crippen LogP contribution < -0.4 is 5.73 Å². The molecule has 0 radical (unpaired) electrons. The summed E-state index contributed by atoms with van der Waals surface area (Å²) in [5.74, 6) is -1.55. The van der Waals surface area contributed by atoms with Crippen molar-refractivity contribution in [3.8, 4) is 5.75 Å². The summed E-state index contributed by atoms with van der Waals surface area (Å²) in [7, 11) is 0. The van der Waals surface area contributed by atoms with Crippen molar-refractivity contribution in [2.75, 3.05) is 0 Å². The number of hydrogen-bond acceptors (Lipinski definition) is 5. The fourth-order valence-corrected chi connectivity index (χ4v) is 1.02. The monoisotopic (exact) mass is 219 g/mol. The van der Waals surface area contributed by atoms with Crippen molar-refractivity contribution in [2.45, 2.75) is 13.0 Å². The van der Waals surface area contributed by atoms with Gasteiger partial charge in [0.05, 0.1) is 5.56 Å². The van der Waals surface area contributed by atoms with Crippen molar-refractivity contribution in [3.05, 3.63) is 27.4 Å². The molecule has 0 atom stereocenters. The summed E-state index contributed by atoms with van der Waals surface area (Å²) in [5.41, 5.74) is 4.03. The molecule has 3 N–H and O–H groups in total. The van der Waals surface area contributed by atoms with Gasteiger partial charge in [0.15, 0.2) is 5.75 Å². The Labute approximate surface area is 82.5 Å². The molecule has 8 heteroatoms. The van der Waals surface area contributed by atoms with Crippen LogP contribution in [-0.4, -0.2) is 15.0 Å². The first-order valence-corrected chi connectivity index (χ1v) is 3.82. The molecule has 1 aromatic heterocycles. The Kier molecular flexibility index (Phi) is 3.10. The zero-order valence-corrected chi connectivity index (χ0v) is 7.35. The van der Waals surface area contributed by atoms with Gasteiger partial charge in [-0.05, 0) is 16.0 Å². The third-order valence-corrected chi connectivity index (χ3v) is 1.69. The number of hydrogen-bond donors (Lipinski definition) is 2. The summed E-state index contributed by atoms with van der Waals surface area (Å²) in [6.07, 6.45) is -3.07. The van der Waals surface area contributed by atoms with Crippen molar-refractivity contribution in [1.29, 1.82) is 0 Å². The second-order valence-electron chi connectivity index (χ2n) is 2.64. The normalized spacial score (nSPS) is 10.7. The fraction of sp³-hybridized carbons (Fsp3) is 0.286. The molecule has 1 heterocycles. The number of pyridine rings is 1. The van der Waals surface area contributed by atoms with Gasteiger partial charge in [0.25, 0.3) is 5.69 Å². The van der Waals surface area contributed by atoms with Crippen molar-refractivity contribution in [2.24, 2.45) is 5.73 Å². The molecule has 0 aromatic carbocycles. The van der Waals surface area contributed by atoms with Gasteiger partial charge in [0.1, 0.15) is 0 Å². The maximum absolute atomic E-state index is 12.2. The third-order valence-electron chi connectivity index (χ3n) is 1.69. The molecule has 0 aliphatic heterocycles. The predicted octanol–water partition coefficient (Wildman–Crippen LogP) is 1.09. The second-order valence-corrected chi connectivity index (χ2v) is 2.64. The highest BCUT2D eigenvalue weighted by atomic mass is 19.3. The summed E-state index contributed by atoms with van der Waals surface area (Å²) in [6.45, 7) is -0.264. The summed E-state index contributed by atoms with van der Waals surface area (Å²) in [5, 5.41) is 19.5.